The normalized spacial score (nSPS) is 14.5. The molecule has 1 aromatic carbocycles. The maximum Gasteiger partial charge on any atom is 0.245 e. The van der Waals surface area contributed by atoms with Gasteiger partial charge in [0.05, 0.1) is 12.7 Å². The van der Waals surface area contributed by atoms with Gasteiger partial charge in [0.2, 0.25) is 5.91 Å². The summed E-state index contributed by atoms with van der Waals surface area (Å²) in [5.74, 6) is 0.683. The molecule has 0 saturated carbocycles. The molecule has 2 rings (SSSR count). The second-order valence-corrected chi connectivity index (χ2v) is 4.40. The number of rotatable bonds is 4. The standard InChI is InChI=1S/C15H16N2O2/c1-2-13(10-16)17-15(18)6-4-11-3-5-14-12(9-11)7-8-19-14/h3-6,9,13H,2,7-8H2,1H3,(H,17,18)/b6-4-/t13-/m1/s1. The fourth-order valence-electron chi connectivity index (χ4n) is 1.93. The number of hydrogen-bond donors (Lipinski definition) is 1. The van der Waals surface area contributed by atoms with Crippen LogP contribution in [0.1, 0.15) is 24.5 Å². The van der Waals surface area contributed by atoms with Gasteiger partial charge in [-0.1, -0.05) is 13.0 Å². The van der Waals surface area contributed by atoms with E-state index < -0.39 is 6.04 Å². The van der Waals surface area contributed by atoms with Crippen LogP contribution in [0.5, 0.6) is 5.75 Å². The molecule has 1 aliphatic heterocycles. The van der Waals surface area contributed by atoms with Crippen molar-refractivity contribution in [3.8, 4) is 11.8 Å². The molecule has 1 N–H and O–H groups in total. The van der Waals surface area contributed by atoms with Gasteiger partial charge >= 0.3 is 0 Å². The summed E-state index contributed by atoms with van der Waals surface area (Å²) < 4.78 is 5.42. The van der Waals surface area contributed by atoms with Crippen molar-refractivity contribution in [3.05, 3.63) is 35.4 Å². The third kappa shape index (κ3) is 3.35. The van der Waals surface area contributed by atoms with Crippen LogP contribution in [0.2, 0.25) is 0 Å². The summed E-state index contributed by atoms with van der Waals surface area (Å²) in [5.41, 5.74) is 2.13. The van der Waals surface area contributed by atoms with E-state index in [1.54, 1.807) is 6.08 Å². The van der Waals surface area contributed by atoms with E-state index in [9.17, 15) is 4.79 Å². The molecule has 0 radical (unpaired) electrons. The highest BCUT2D eigenvalue weighted by Gasteiger charge is 2.11. The van der Waals surface area contributed by atoms with Crippen molar-refractivity contribution in [1.29, 1.82) is 5.26 Å². The predicted octanol–water partition coefficient (Wildman–Crippen LogP) is 2.05. The Labute approximate surface area is 112 Å². The van der Waals surface area contributed by atoms with E-state index in [1.807, 2.05) is 31.2 Å². The second kappa shape index (κ2) is 6.05. The molecule has 0 spiro atoms. The lowest BCUT2D eigenvalue weighted by molar-refractivity contribution is -0.116. The number of nitrogens with zero attached hydrogens (tertiary/aromatic N) is 1. The first kappa shape index (κ1) is 13.2. The van der Waals surface area contributed by atoms with Crippen LogP contribution in [0, 0.1) is 11.3 Å². The van der Waals surface area contributed by atoms with E-state index in [0.29, 0.717) is 6.42 Å². The number of nitrogens with one attached hydrogen (secondary N) is 1. The molecule has 0 unspecified atom stereocenters. The fraction of sp³-hybridized carbons (Fsp3) is 0.333. The molecule has 1 atom stereocenters. The largest absolute Gasteiger partial charge is 0.493 e. The number of benzene rings is 1. The molecule has 4 nitrogen and oxygen atoms in total. The number of nitriles is 1. The molecule has 1 heterocycles. The summed E-state index contributed by atoms with van der Waals surface area (Å²) in [6, 6.07) is 7.46. The maximum absolute atomic E-state index is 11.6. The van der Waals surface area contributed by atoms with Crippen molar-refractivity contribution in [3.63, 3.8) is 0 Å². The quantitative estimate of drug-likeness (QED) is 0.839. The van der Waals surface area contributed by atoms with Crippen LogP contribution in [0.15, 0.2) is 24.3 Å². The molecule has 0 aliphatic carbocycles. The molecule has 1 aliphatic rings. The third-order valence-electron chi connectivity index (χ3n) is 3.02. The Balaban J connectivity index is 1.99. The predicted molar refractivity (Wildman–Crippen MR) is 72.5 cm³/mol. The summed E-state index contributed by atoms with van der Waals surface area (Å²) in [6.07, 6.45) is 4.72. The summed E-state index contributed by atoms with van der Waals surface area (Å²) in [4.78, 5) is 11.6. The van der Waals surface area contributed by atoms with Crippen molar-refractivity contribution >= 4 is 12.0 Å². The van der Waals surface area contributed by atoms with E-state index in [0.717, 1.165) is 24.3 Å². The summed E-state index contributed by atoms with van der Waals surface area (Å²) in [5, 5.41) is 11.4. The first-order valence-electron chi connectivity index (χ1n) is 6.37. The van der Waals surface area contributed by atoms with Crippen molar-refractivity contribution in [2.45, 2.75) is 25.8 Å². The topological polar surface area (TPSA) is 62.1 Å². The molecule has 19 heavy (non-hydrogen) atoms. The van der Waals surface area contributed by atoms with E-state index in [2.05, 4.69) is 5.32 Å². The van der Waals surface area contributed by atoms with E-state index in [4.69, 9.17) is 10.00 Å². The Bertz CT molecular complexity index is 544. The Morgan fingerprint density at radius 2 is 2.47 bits per heavy atom. The van der Waals surface area contributed by atoms with E-state index in [1.165, 1.54) is 11.6 Å². The second-order valence-electron chi connectivity index (χ2n) is 4.40. The van der Waals surface area contributed by atoms with Crippen LogP contribution in [-0.4, -0.2) is 18.6 Å². The Morgan fingerprint density at radius 1 is 1.63 bits per heavy atom. The summed E-state index contributed by atoms with van der Waals surface area (Å²) in [6.45, 7) is 2.59. The van der Waals surface area contributed by atoms with Crippen molar-refractivity contribution < 1.29 is 9.53 Å². The van der Waals surface area contributed by atoms with Crippen LogP contribution in [0.25, 0.3) is 6.08 Å². The Morgan fingerprint density at radius 3 is 3.21 bits per heavy atom. The molecule has 0 aromatic heterocycles. The smallest absolute Gasteiger partial charge is 0.245 e. The number of carbonyl (C=O) groups excluding carboxylic acids is 1. The Hall–Kier alpha value is -2.28. The minimum Gasteiger partial charge on any atom is -0.493 e. The van der Waals surface area contributed by atoms with Gasteiger partial charge in [-0.05, 0) is 35.8 Å². The Kier molecular flexibility index (Phi) is 4.19. The van der Waals surface area contributed by atoms with Crippen LogP contribution < -0.4 is 10.1 Å². The minimum absolute atomic E-state index is 0.245. The number of ether oxygens (including phenoxy) is 1. The third-order valence-corrected chi connectivity index (χ3v) is 3.02. The zero-order valence-electron chi connectivity index (χ0n) is 10.8. The molecule has 0 saturated heterocycles. The molecule has 98 valence electrons. The lowest BCUT2D eigenvalue weighted by Crippen LogP contribution is -2.31. The van der Waals surface area contributed by atoms with Gasteiger partial charge in [-0.15, -0.1) is 0 Å². The average molecular weight is 256 g/mol. The van der Waals surface area contributed by atoms with Crippen LogP contribution >= 0.6 is 0 Å². The lowest BCUT2D eigenvalue weighted by atomic mass is 10.1. The molecule has 1 aromatic rings. The van der Waals surface area contributed by atoms with Crippen molar-refractivity contribution in [2.75, 3.05) is 6.61 Å². The summed E-state index contributed by atoms with van der Waals surface area (Å²) >= 11 is 0. The van der Waals surface area contributed by atoms with Gasteiger partial charge < -0.3 is 10.1 Å². The van der Waals surface area contributed by atoms with Gasteiger partial charge in [0.15, 0.2) is 0 Å². The maximum atomic E-state index is 11.6. The highest BCUT2D eigenvalue weighted by Crippen LogP contribution is 2.26. The molecule has 0 fully saturated rings. The molecular weight excluding hydrogens is 240 g/mol. The van der Waals surface area contributed by atoms with Crippen LogP contribution in [-0.2, 0) is 11.2 Å². The molecule has 0 bridgehead atoms. The summed E-state index contributed by atoms with van der Waals surface area (Å²) in [7, 11) is 0. The minimum atomic E-state index is -0.425. The number of carbonyl (C=O) groups is 1. The number of fused-ring (bicyclic) bond motifs is 1. The highest BCUT2D eigenvalue weighted by molar-refractivity contribution is 5.92. The number of amides is 1. The fourth-order valence-corrected chi connectivity index (χ4v) is 1.93. The van der Waals surface area contributed by atoms with Crippen LogP contribution in [0.4, 0.5) is 0 Å². The van der Waals surface area contributed by atoms with Gasteiger partial charge in [0.1, 0.15) is 11.8 Å². The first-order valence-corrected chi connectivity index (χ1v) is 6.37. The first-order chi connectivity index (χ1) is 9.22. The lowest BCUT2D eigenvalue weighted by Gasteiger charge is -2.05. The van der Waals surface area contributed by atoms with Crippen LogP contribution in [0.3, 0.4) is 0 Å². The van der Waals surface area contributed by atoms with Gasteiger partial charge in [-0.25, -0.2) is 0 Å². The van der Waals surface area contributed by atoms with E-state index in [-0.39, 0.29) is 5.91 Å². The zero-order chi connectivity index (χ0) is 13.7. The average Bonchev–Trinajstić information content (AvgIpc) is 2.89. The molecular formula is C15H16N2O2. The SMILES string of the molecule is CC[C@H](C#N)NC(=O)/C=C\c1ccc2c(c1)CCO2. The van der Waals surface area contributed by atoms with Gasteiger partial charge in [-0.3, -0.25) is 4.79 Å². The van der Waals surface area contributed by atoms with Gasteiger partial charge in [-0.2, -0.15) is 5.26 Å². The highest BCUT2D eigenvalue weighted by atomic mass is 16.5. The van der Waals surface area contributed by atoms with E-state index >= 15 is 0 Å². The van der Waals surface area contributed by atoms with Gasteiger partial charge in [0.25, 0.3) is 0 Å². The molecule has 1 amide bonds. The number of hydrogen-bond acceptors (Lipinski definition) is 3. The monoisotopic (exact) mass is 256 g/mol. The molecule has 4 heteroatoms. The zero-order valence-corrected chi connectivity index (χ0v) is 10.8. The van der Waals surface area contributed by atoms with Crippen molar-refractivity contribution in [2.24, 2.45) is 0 Å². The van der Waals surface area contributed by atoms with Crippen molar-refractivity contribution in [1.82, 2.24) is 5.32 Å². The van der Waals surface area contributed by atoms with Gasteiger partial charge in [0, 0.05) is 12.5 Å².